The highest BCUT2D eigenvalue weighted by Gasteiger charge is 2.21. The van der Waals surface area contributed by atoms with Gasteiger partial charge in [-0.3, -0.25) is 9.48 Å². The van der Waals surface area contributed by atoms with Crippen LogP contribution in [-0.4, -0.2) is 46.8 Å². The Hall–Kier alpha value is -1.33. The molecule has 2 rings (SSSR count). The number of carbonyl (C=O) groups is 1. The molecule has 0 saturated carbocycles. The van der Waals surface area contributed by atoms with Crippen molar-refractivity contribution in [1.29, 1.82) is 0 Å². The van der Waals surface area contributed by atoms with Crippen molar-refractivity contribution in [3.05, 3.63) is 24.0 Å². The number of likely N-dealkylation sites (N-methyl/N-ethyl adjacent to an activating group) is 1. The molecule has 0 aliphatic carbocycles. The van der Waals surface area contributed by atoms with Crippen LogP contribution in [0.25, 0.3) is 6.08 Å². The van der Waals surface area contributed by atoms with Gasteiger partial charge in [0.1, 0.15) is 0 Å². The standard InChI is InChI=1S/C12H18N4O.ClH/c1-15(11-5-7-13-9-11)12(17)4-3-10-6-8-14-16(10)2;/h3-4,6,8,11,13H,5,7,9H2,1-2H3;1H/b4-3+;. The van der Waals surface area contributed by atoms with Gasteiger partial charge in [-0.15, -0.1) is 12.4 Å². The fourth-order valence-electron chi connectivity index (χ4n) is 1.97. The summed E-state index contributed by atoms with van der Waals surface area (Å²) in [7, 11) is 3.71. The van der Waals surface area contributed by atoms with Crippen molar-refractivity contribution in [3.63, 3.8) is 0 Å². The second-order valence-electron chi connectivity index (χ2n) is 4.31. The summed E-state index contributed by atoms with van der Waals surface area (Å²) in [6.07, 6.45) is 6.15. The van der Waals surface area contributed by atoms with Gasteiger partial charge in [0.25, 0.3) is 0 Å². The van der Waals surface area contributed by atoms with Crippen molar-refractivity contribution < 1.29 is 4.79 Å². The van der Waals surface area contributed by atoms with Gasteiger partial charge in [-0.25, -0.2) is 0 Å². The zero-order valence-corrected chi connectivity index (χ0v) is 11.5. The van der Waals surface area contributed by atoms with Gasteiger partial charge >= 0.3 is 0 Å². The summed E-state index contributed by atoms with van der Waals surface area (Å²) in [5.41, 5.74) is 0.927. The quantitative estimate of drug-likeness (QED) is 0.822. The van der Waals surface area contributed by atoms with Crippen LogP contribution in [0, 0.1) is 0 Å². The first-order valence-electron chi connectivity index (χ1n) is 5.82. The minimum Gasteiger partial charge on any atom is -0.338 e. The average molecular weight is 271 g/mol. The summed E-state index contributed by atoms with van der Waals surface area (Å²) in [4.78, 5) is 13.7. The number of nitrogens with zero attached hydrogens (tertiary/aromatic N) is 3. The number of aryl methyl sites for hydroxylation is 1. The van der Waals surface area contributed by atoms with Crippen LogP contribution in [-0.2, 0) is 11.8 Å². The third-order valence-electron chi connectivity index (χ3n) is 3.19. The minimum absolute atomic E-state index is 0. The monoisotopic (exact) mass is 270 g/mol. The Bertz CT molecular complexity index is 423. The van der Waals surface area contributed by atoms with Gasteiger partial charge in [0.15, 0.2) is 0 Å². The molecule has 18 heavy (non-hydrogen) atoms. The van der Waals surface area contributed by atoms with Crippen molar-refractivity contribution in [3.8, 4) is 0 Å². The predicted octanol–water partition coefficient (Wildman–Crippen LogP) is 0.675. The molecule has 1 amide bonds. The summed E-state index contributed by atoms with van der Waals surface area (Å²) in [6, 6.07) is 2.19. The van der Waals surface area contributed by atoms with Crippen LogP contribution in [0.5, 0.6) is 0 Å². The molecule has 1 unspecified atom stereocenters. The molecule has 1 aromatic rings. The van der Waals surface area contributed by atoms with E-state index in [4.69, 9.17) is 0 Å². The molecule has 1 N–H and O–H groups in total. The van der Waals surface area contributed by atoms with E-state index in [1.165, 1.54) is 0 Å². The Morgan fingerprint density at radius 1 is 1.67 bits per heavy atom. The molecule has 1 fully saturated rings. The van der Waals surface area contributed by atoms with E-state index in [-0.39, 0.29) is 18.3 Å². The van der Waals surface area contributed by atoms with E-state index >= 15 is 0 Å². The molecule has 0 radical (unpaired) electrons. The van der Waals surface area contributed by atoms with Crippen molar-refractivity contribution in [1.82, 2.24) is 20.0 Å². The molecule has 0 bridgehead atoms. The number of nitrogens with one attached hydrogen (secondary N) is 1. The SMILES string of the molecule is CN(C(=O)/C=C/c1ccnn1C)C1CCNC1.Cl. The summed E-state index contributed by atoms with van der Waals surface area (Å²) in [5, 5.41) is 7.30. The van der Waals surface area contributed by atoms with E-state index in [2.05, 4.69) is 10.4 Å². The van der Waals surface area contributed by atoms with E-state index in [0.717, 1.165) is 25.2 Å². The zero-order valence-electron chi connectivity index (χ0n) is 10.7. The topological polar surface area (TPSA) is 50.2 Å². The van der Waals surface area contributed by atoms with Crippen LogP contribution >= 0.6 is 12.4 Å². The van der Waals surface area contributed by atoms with E-state index < -0.39 is 0 Å². The Morgan fingerprint density at radius 2 is 2.44 bits per heavy atom. The van der Waals surface area contributed by atoms with Gasteiger partial charge < -0.3 is 10.2 Å². The number of hydrogen-bond acceptors (Lipinski definition) is 3. The number of aromatic nitrogens is 2. The minimum atomic E-state index is 0. The second kappa shape index (κ2) is 6.56. The van der Waals surface area contributed by atoms with Crippen molar-refractivity contribution in [2.45, 2.75) is 12.5 Å². The molecule has 1 aromatic heterocycles. The van der Waals surface area contributed by atoms with Gasteiger partial charge in [-0.2, -0.15) is 5.10 Å². The first-order valence-corrected chi connectivity index (χ1v) is 5.82. The van der Waals surface area contributed by atoms with Crippen LogP contribution < -0.4 is 5.32 Å². The molecule has 0 aromatic carbocycles. The summed E-state index contributed by atoms with van der Waals surface area (Å²) < 4.78 is 1.74. The number of amides is 1. The lowest BCUT2D eigenvalue weighted by Gasteiger charge is -2.22. The molecule has 6 heteroatoms. The number of rotatable bonds is 3. The molecule has 1 aliphatic heterocycles. The predicted molar refractivity (Wildman–Crippen MR) is 73.5 cm³/mol. The smallest absolute Gasteiger partial charge is 0.246 e. The maximum absolute atomic E-state index is 11.9. The lowest BCUT2D eigenvalue weighted by Crippen LogP contribution is -2.37. The van der Waals surface area contributed by atoms with Crippen molar-refractivity contribution >= 4 is 24.4 Å². The normalized spacial score (nSPS) is 18.9. The zero-order chi connectivity index (χ0) is 12.3. The maximum Gasteiger partial charge on any atom is 0.246 e. The summed E-state index contributed by atoms with van der Waals surface area (Å²) in [6.45, 7) is 1.88. The summed E-state index contributed by atoms with van der Waals surface area (Å²) in [5.74, 6) is 0.0416. The first kappa shape index (κ1) is 14.7. The largest absolute Gasteiger partial charge is 0.338 e. The van der Waals surface area contributed by atoms with E-state index in [0.29, 0.717) is 6.04 Å². The number of hydrogen-bond donors (Lipinski definition) is 1. The highest BCUT2D eigenvalue weighted by Crippen LogP contribution is 2.07. The lowest BCUT2D eigenvalue weighted by molar-refractivity contribution is -0.126. The van der Waals surface area contributed by atoms with E-state index in [1.54, 1.807) is 27.9 Å². The third kappa shape index (κ3) is 3.34. The summed E-state index contributed by atoms with van der Waals surface area (Å²) >= 11 is 0. The van der Waals surface area contributed by atoms with E-state index in [9.17, 15) is 4.79 Å². The number of carbonyl (C=O) groups excluding carboxylic acids is 1. The van der Waals surface area contributed by atoms with Crippen LogP contribution in [0.4, 0.5) is 0 Å². The Kier molecular flexibility index (Phi) is 5.37. The fourth-order valence-corrected chi connectivity index (χ4v) is 1.97. The van der Waals surface area contributed by atoms with E-state index in [1.807, 2.05) is 20.2 Å². The van der Waals surface area contributed by atoms with Gasteiger partial charge in [-0.1, -0.05) is 0 Å². The third-order valence-corrected chi connectivity index (χ3v) is 3.19. The molecule has 1 aliphatic rings. The molecule has 1 atom stereocenters. The molecule has 5 nitrogen and oxygen atoms in total. The first-order chi connectivity index (χ1) is 8.18. The number of halogens is 1. The Labute approximate surface area is 113 Å². The molecule has 1 saturated heterocycles. The highest BCUT2D eigenvalue weighted by atomic mass is 35.5. The average Bonchev–Trinajstić information content (AvgIpc) is 2.96. The highest BCUT2D eigenvalue weighted by molar-refractivity contribution is 5.91. The molecular formula is C12H19ClN4O. The molecule has 2 heterocycles. The van der Waals surface area contributed by atoms with Crippen LogP contribution in [0.1, 0.15) is 12.1 Å². The fraction of sp³-hybridized carbons (Fsp3) is 0.500. The molecular weight excluding hydrogens is 252 g/mol. The maximum atomic E-state index is 11.9. The Morgan fingerprint density at radius 3 is 3.00 bits per heavy atom. The van der Waals surface area contributed by atoms with Crippen molar-refractivity contribution in [2.75, 3.05) is 20.1 Å². The Balaban J connectivity index is 0.00000162. The van der Waals surface area contributed by atoms with Crippen LogP contribution in [0.2, 0.25) is 0 Å². The van der Waals surface area contributed by atoms with Gasteiger partial charge in [0.05, 0.1) is 5.69 Å². The van der Waals surface area contributed by atoms with Gasteiger partial charge in [0, 0.05) is 39.0 Å². The molecule has 100 valence electrons. The van der Waals surface area contributed by atoms with Crippen molar-refractivity contribution in [2.24, 2.45) is 7.05 Å². The van der Waals surface area contributed by atoms with Gasteiger partial charge in [-0.05, 0) is 25.1 Å². The van der Waals surface area contributed by atoms with Crippen LogP contribution in [0.3, 0.4) is 0 Å². The van der Waals surface area contributed by atoms with Crippen LogP contribution in [0.15, 0.2) is 18.3 Å². The second-order valence-corrected chi connectivity index (χ2v) is 4.31. The molecule has 0 spiro atoms. The van der Waals surface area contributed by atoms with Gasteiger partial charge in [0.2, 0.25) is 5.91 Å². The lowest BCUT2D eigenvalue weighted by atomic mass is 10.2.